The molecule has 114 valence electrons. The van der Waals surface area contributed by atoms with Gasteiger partial charge in [-0.1, -0.05) is 27.7 Å². The SMILES string of the molecule is CC(C)C1=C(N2CCOCC2)C(=O)C2=C(C1=O)C(C)C2C. The molecule has 2 atom stereocenters. The first-order valence-corrected chi connectivity index (χ1v) is 7.85. The summed E-state index contributed by atoms with van der Waals surface area (Å²) in [6.07, 6.45) is 0. The fourth-order valence-electron chi connectivity index (χ4n) is 3.69. The molecular weight excluding hydrogens is 266 g/mol. The molecule has 0 aromatic heterocycles. The molecule has 1 saturated heterocycles. The van der Waals surface area contributed by atoms with Gasteiger partial charge < -0.3 is 9.64 Å². The lowest BCUT2D eigenvalue weighted by Crippen LogP contribution is -2.47. The molecule has 4 nitrogen and oxygen atoms in total. The van der Waals surface area contributed by atoms with E-state index in [0.29, 0.717) is 37.6 Å². The summed E-state index contributed by atoms with van der Waals surface area (Å²) < 4.78 is 5.38. The van der Waals surface area contributed by atoms with Crippen LogP contribution in [0.25, 0.3) is 0 Å². The van der Waals surface area contributed by atoms with Crippen molar-refractivity contribution in [2.45, 2.75) is 27.7 Å². The Labute approximate surface area is 125 Å². The van der Waals surface area contributed by atoms with Crippen LogP contribution < -0.4 is 0 Å². The van der Waals surface area contributed by atoms with E-state index in [1.807, 2.05) is 27.7 Å². The van der Waals surface area contributed by atoms with Gasteiger partial charge in [0, 0.05) is 29.8 Å². The number of hydrogen-bond donors (Lipinski definition) is 0. The van der Waals surface area contributed by atoms with Crippen molar-refractivity contribution < 1.29 is 14.3 Å². The molecule has 0 aromatic rings. The van der Waals surface area contributed by atoms with Gasteiger partial charge in [0.1, 0.15) is 0 Å². The summed E-state index contributed by atoms with van der Waals surface area (Å²) in [6, 6.07) is 0. The molecule has 0 saturated carbocycles. The van der Waals surface area contributed by atoms with Crippen molar-refractivity contribution in [3.05, 3.63) is 22.4 Å². The number of morpholine rings is 1. The minimum atomic E-state index is 0.0662. The van der Waals surface area contributed by atoms with E-state index in [1.165, 1.54) is 0 Å². The second kappa shape index (κ2) is 5.09. The molecule has 1 aliphatic heterocycles. The summed E-state index contributed by atoms with van der Waals surface area (Å²) in [5.41, 5.74) is 2.89. The van der Waals surface area contributed by atoms with Crippen molar-refractivity contribution in [2.24, 2.45) is 17.8 Å². The van der Waals surface area contributed by atoms with E-state index in [2.05, 4.69) is 4.90 Å². The van der Waals surface area contributed by atoms with Crippen LogP contribution in [0, 0.1) is 17.8 Å². The Morgan fingerprint density at radius 3 is 2.05 bits per heavy atom. The Bertz CT molecular complexity index is 565. The second-order valence-corrected chi connectivity index (χ2v) is 6.58. The normalized spacial score (nSPS) is 30.0. The van der Waals surface area contributed by atoms with E-state index in [1.54, 1.807) is 0 Å². The van der Waals surface area contributed by atoms with Gasteiger partial charge in [-0.25, -0.2) is 0 Å². The highest BCUT2D eigenvalue weighted by molar-refractivity contribution is 6.27. The van der Waals surface area contributed by atoms with Crippen molar-refractivity contribution >= 4 is 11.6 Å². The summed E-state index contributed by atoms with van der Waals surface area (Å²) in [4.78, 5) is 27.9. The predicted molar refractivity (Wildman–Crippen MR) is 79.6 cm³/mol. The highest BCUT2D eigenvalue weighted by atomic mass is 16.5. The number of allylic oxidation sites excluding steroid dienone is 3. The summed E-state index contributed by atoms with van der Waals surface area (Å²) in [5, 5.41) is 0. The molecule has 3 aliphatic rings. The van der Waals surface area contributed by atoms with Crippen LogP contribution in [0.2, 0.25) is 0 Å². The molecule has 4 heteroatoms. The topological polar surface area (TPSA) is 46.6 Å². The van der Waals surface area contributed by atoms with E-state index in [0.717, 1.165) is 11.1 Å². The third-order valence-electron chi connectivity index (χ3n) is 5.06. The highest BCUT2D eigenvalue weighted by Gasteiger charge is 2.48. The van der Waals surface area contributed by atoms with Crippen LogP contribution in [0.15, 0.2) is 22.4 Å². The zero-order valence-electron chi connectivity index (χ0n) is 13.2. The minimum absolute atomic E-state index is 0.0662. The van der Waals surface area contributed by atoms with Crippen LogP contribution >= 0.6 is 0 Å². The largest absolute Gasteiger partial charge is 0.378 e. The van der Waals surface area contributed by atoms with Crippen molar-refractivity contribution in [2.75, 3.05) is 26.3 Å². The molecule has 2 aliphatic carbocycles. The third-order valence-corrected chi connectivity index (χ3v) is 5.06. The molecule has 1 heterocycles. The zero-order valence-corrected chi connectivity index (χ0v) is 13.2. The Hall–Kier alpha value is -1.42. The number of nitrogens with zero attached hydrogens (tertiary/aromatic N) is 1. The quantitative estimate of drug-likeness (QED) is 0.729. The zero-order chi connectivity index (χ0) is 15.3. The highest BCUT2D eigenvalue weighted by Crippen LogP contribution is 2.48. The second-order valence-electron chi connectivity index (χ2n) is 6.58. The van der Waals surface area contributed by atoms with Crippen molar-refractivity contribution in [1.29, 1.82) is 0 Å². The summed E-state index contributed by atoms with van der Waals surface area (Å²) in [7, 11) is 0. The molecule has 0 N–H and O–H groups in total. The maximum Gasteiger partial charge on any atom is 0.206 e. The maximum atomic E-state index is 13.0. The Morgan fingerprint density at radius 1 is 1.00 bits per heavy atom. The number of rotatable bonds is 2. The van der Waals surface area contributed by atoms with Gasteiger partial charge in [-0.05, 0) is 17.8 Å². The van der Waals surface area contributed by atoms with Gasteiger partial charge >= 0.3 is 0 Å². The van der Waals surface area contributed by atoms with Crippen LogP contribution in [-0.2, 0) is 14.3 Å². The minimum Gasteiger partial charge on any atom is -0.378 e. The molecule has 21 heavy (non-hydrogen) atoms. The molecule has 1 fully saturated rings. The molecule has 2 unspecified atom stereocenters. The van der Waals surface area contributed by atoms with E-state index in [9.17, 15) is 9.59 Å². The number of ketones is 2. The molecule has 3 rings (SSSR count). The fraction of sp³-hybridized carbons (Fsp3) is 0.647. The number of carbonyl (C=O) groups excluding carboxylic acids is 2. The number of carbonyl (C=O) groups is 2. The summed E-state index contributed by atoms with van der Waals surface area (Å²) in [5.74, 6) is 0.654. The molecular formula is C17H23NO3. The Morgan fingerprint density at radius 2 is 1.52 bits per heavy atom. The third kappa shape index (κ3) is 2.00. The Balaban J connectivity index is 2.07. The standard InChI is InChI=1S/C17H23NO3/c1-9(2)12-15(18-5-7-21-8-6-18)17(20)14-11(4)10(3)13(14)16(12)19/h9-11H,5-8H2,1-4H3. The predicted octanol–water partition coefficient (Wildman–Crippen LogP) is 1.96. The van der Waals surface area contributed by atoms with Gasteiger partial charge in [0.05, 0.1) is 18.9 Å². The number of ether oxygens (including phenoxy) is 1. The smallest absolute Gasteiger partial charge is 0.206 e. The molecule has 0 amide bonds. The van der Waals surface area contributed by atoms with Crippen molar-refractivity contribution in [3.8, 4) is 0 Å². The van der Waals surface area contributed by atoms with Gasteiger partial charge in [-0.15, -0.1) is 0 Å². The molecule has 0 spiro atoms. The first-order chi connectivity index (χ1) is 9.95. The maximum absolute atomic E-state index is 13.0. The summed E-state index contributed by atoms with van der Waals surface area (Å²) in [6.45, 7) is 10.7. The average molecular weight is 289 g/mol. The number of Topliss-reactive ketones (excluding diaryl/α,β-unsaturated/α-hetero) is 2. The van der Waals surface area contributed by atoms with E-state index >= 15 is 0 Å². The van der Waals surface area contributed by atoms with Crippen LogP contribution in [0.5, 0.6) is 0 Å². The lowest BCUT2D eigenvalue weighted by Gasteiger charge is -2.43. The first kappa shape index (κ1) is 14.5. The number of hydrogen-bond acceptors (Lipinski definition) is 4. The van der Waals surface area contributed by atoms with Crippen molar-refractivity contribution in [3.63, 3.8) is 0 Å². The first-order valence-electron chi connectivity index (χ1n) is 7.85. The van der Waals surface area contributed by atoms with Gasteiger partial charge in [0.25, 0.3) is 0 Å². The fourth-order valence-corrected chi connectivity index (χ4v) is 3.69. The lowest BCUT2D eigenvalue weighted by atomic mass is 9.61. The van der Waals surface area contributed by atoms with Crippen LogP contribution in [0.4, 0.5) is 0 Å². The molecule has 0 bridgehead atoms. The van der Waals surface area contributed by atoms with Gasteiger partial charge in [0.15, 0.2) is 5.78 Å². The average Bonchev–Trinajstić information content (AvgIpc) is 2.47. The van der Waals surface area contributed by atoms with Gasteiger partial charge in [-0.3, -0.25) is 9.59 Å². The van der Waals surface area contributed by atoms with Gasteiger partial charge in [0.2, 0.25) is 5.78 Å². The lowest BCUT2D eigenvalue weighted by molar-refractivity contribution is -0.120. The summed E-state index contributed by atoms with van der Waals surface area (Å²) >= 11 is 0. The van der Waals surface area contributed by atoms with E-state index < -0.39 is 0 Å². The molecule has 0 radical (unpaired) electrons. The molecule has 0 aromatic carbocycles. The van der Waals surface area contributed by atoms with E-state index in [4.69, 9.17) is 4.74 Å². The van der Waals surface area contributed by atoms with Crippen LogP contribution in [0.1, 0.15) is 27.7 Å². The van der Waals surface area contributed by atoms with E-state index in [-0.39, 0.29) is 29.3 Å². The van der Waals surface area contributed by atoms with Crippen LogP contribution in [-0.4, -0.2) is 42.8 Å². The van der Waals surface area contributed by atoms with Gasteiger partial charge in [-0.2, -0.15) is 0 Å². The monoisotopic (exact) mass is 289 g/mol. The Kier molecular flexibility index (Phi) is 3.52. The van der Waals surface area contributed by atoms with Crippen molar-refractivity contribution in [1.82, 2.24) is 4.90 Å². The van der Waals surface area contributed by atoms with Crippen LogP contribution in [0.3, 0.4) is 0 Å².